The molecule has 1 amide bonds. The highest BCUT2D eigenvalue weighted by molar-refractivity contribution is 6.33. The standard InChI is InChI=1S/C29H28Cl2FN5O4/c1-16-5-4-6-20(31)28(16)35(2)26-14-22(17-7-8-19(30)21(32)11-17)33-25-13-23(34-37(25)26)29(40)36-10-9-18(12-27(38)39)24(15-36)41-3/h4-8,11,13-14,18,24H,9-10,12,15H2,1-3H3,(H,38,39). The lowest BCUT2D eigenvalue weighted by Gasteiger charge is -2.36. The van der Waals surface area contributed by atoms with Crippen LogP contribution in [-0.2, 0) is 9.53 Å². The number of aryl methyl sites for hydroxylation is 1. The summed E-state index contributed by atoms with van der Waals surface area (Å²) in [5.74, 6) is -1.44. The fourth-order valence-electron chi connectivity index (χ4n) is 5.30. The number of para-hydroxylation sites is 1. The number of aliphatic carboxylic acids is 1. The zero-order chi connectivity index (χ0) is 29.4. The Hall–Kier alpha value is -3.73. The average Bonchev–Trinajstić information content (AvgIpc) is 3.37. The van der Waals surface area contributed by atoms with E-state index in [0.717, 1.165) is 11.3 Å². The summed E-state index contributed by atoms with van der Waals surface area (Å²) in [7, 11) is 3.34. The van der Waals surface area contributed by atoms with Gasteiger partial charge in [0.2, 0.25) is 0 Å². The van der Waals surface area contributed by atoms with Crippen molar-refractivity contribution >= 4 is 52.2 Å². The van der Waals surface area contributed by atoms with Crippen LogP contribution in [0, 0.1) is 18.7 Å². The van der Waals surface area contributed by atoms with Gasteiger partial charge in [0.15, 0.2) is 11.3 Å². The van der Waals surface area contributed by atoms with Crippen molar-refractivity contribution in [2.45, 2.75) is 25.9 Å². The minimum absolute atomic E-state index is 0.00224. The number of methoxy groups -OCH3 is 1. The molecule has 2 atom stereocenters. The van der Waals surface area contributed by atoms with E-state index in [9.17, 15) is 19.1 Å². The summed E-state index contributed by atoms with van der Waals surface area (Å²) in [6.45, 7) is 2.55. The molecule has 1 fully saturated rings. The van der Waals surface area contributed by atoms with Crippen molar-refractivity contribution in [3.05, 3.63) is 75.7 Å². The van der Waals surface area contributed by atoms with E-state index in [1.54, 1.807) is 33.7 Å². The molecule has 9 nitrogen and oxygen atoms in total. The molecule has 1 aliphatic rings. The molecule has 41 heavy (non-hydrogen) atoms. The van der Waals surface area contributed by atoms with Gasteiger partial charge >= 0.3 is 5.97 Å². The number of benzene rings is 2. The summed E-state index contributed by atoms with van der Waals surface area (Å²) in [5.41, 5.74) is 3.14. The van der Waals surface area contributed by atoms with Gasteiger partial charge < -0.3 is 19.6 Å². The number of likely N-dealkylation sites (tertiary alicyclic amines) is 1. The number of halogens is 3. The molecule has 0 bridgehead atoms. The van der Waals surface area contributed by atoms with E-state index in [-0.39, 0.29) is 35.5 Å². The molecule has 4 aromatic rings. The van der Waals surface area contributed by atoms with Gasteiger partial charge in [-0.3, -0.25) is 9.59 Å². The van der Waals surface area contributed by atoms with Crippen LogP contribution < -0.4 is 4.90 Å². The van der Waals surface area contributed by atoms with Gasteiger partial charge in [0.25, 0.3) is 5.91 Å². The number of anilines is 2. The van der Waals surface area contributed by atoms with Crippen LogP contribution in [0.15, 0.2) is 48.5 Å². The molecule has 1 N–H and O–H groups in total. The molecule has 2 unspecified atom stereocenters. The third-order valence-corrected chi connectivity index (χ3v) is 8.04. The molecular weight excluding hydrogens is 572 g/mol. The van der Waals surface area contributed by atoms with Crippen molar-refractivity contribution in [3.63, 3.8) is 0 Å². The lowest BCUT2D eigenvalue weighted by molar-refractivity contribution is -0.140. The molecule has 0 aliphatic carbocycles. The Bertz CT molecular complexity index is 1620. The minimum Gasteiger partial charge on any atom is -0.481 e. The maximum absolute atomic E-state index is 14.4. The molecule has 12 heteroatoms. The molecule has 214 valence electrons. The number of nitrogens with zero attached hydrogens (tertiary/aromatic N) is 5. The summed E-state index contributed by atoms with van der Waals surface area (Å²) in [4.78, 5) is 33.0. The minimum atomic E-state index is -0.898. The van der Waals surface area contributed by atoms with E-state index in [1.165, 1.54) is 19.2 Å². The van der Waals surface area contributed by atoms with Crippen molar-refractivity contribution in [1.82, 2.24) is 19.5 Å². The predicted octanol–water partition coefficient (Wildman–Crippen LogP) is 5.87. The monoisotopic (exact) mass is 599 g/mol. The van der Waals surface area contributed by atoms with E-state index >= 15 is 0 Å². The zero-order valence-corrected chi connectivity index (χ0v) is 24.2. The number of rotatable bonds is 7. The second kappa shape index (κ2) is 11.6. The second-order valence-corrected chi connectivity index (χ2v) is 10.9. The molecule has 5 rings (SSSR count). The number of hydrogen-bond acceptors (Lipinski definition) is 6. The highest BCUT2D eigenvalue weighted by Gasteiger charge is 2.34. The molecule has 0 saturated carbocycles. The van der Waals surface area contributed by atoms with Crippen LogP contribution in [0.3, 0.4) is 0 Å². The number of carbonyl (C=O) groups is 2. The van der Waals surface area contributed by atoms with Gasteiger partial charge in [0, 0.05) is 44.9 Å². The first kappa shape index (κ1) is 28.8. The third kappa shape index (κ3) is 5.72. The Balaban J connectivity index is 1.58. The molecule has 1 saturated heterocycles. The lowest BCUT2D eigenvalue weighted by atomic mass is 9.90. The molecule has 0 spiro atoms. The largest absolute Gasteiger partial charge is 0.481 e. The fourth-order valence-corrected chi connectivity index (χ4v) is 5.77. The van der Waals surface area contributed by atoms with Crippen LogP contribution in [0.2, 0.25) is 10.0 Å². The maximum atomic E-state index is 14.4. The van der Waals surface area contributed by atoms with Crippen molar-refractivity contribution in [3.8, 4) is 11.3 Å². The Labute approximate surface area is 246 Å². The van der Waals surface area contributed by atoms with Crippen LogP contribution in [0.1, 0.15) is 28.9 Å². The van der Waals surface area contributed by atoms with Crippen LogP contribution in [0.5, 0.6) is 0 Å². The van der Waals surface area contributed by atoms with E-state index in [2.05, 4.69) is 5.10 Å². The molecule has 1 aliphatic heterocycles. The van der Waals surface area contributed by atoms with Gasteiger partial charge in [-0.15, -0.1) is 0 Å². The molecule has 0 radical (unpaired) electrons. The SMILES string of the molecule is COC1CN(C(=O)c2cc3nc(-c4ccc(Cl)c(F)c4)cc(N(C)c4c(C)cccc4Cl)n3n2)CCC1CC(=O)O. The van der Waals surface area contributed by atoms with Crippen molar-refractivity contribution < 1.29 is 23.8 Å². The van der Waals surface area contributed by atoms with Crippen molar-refractivity contribution in [2.75, 3.05) is 32.1 Å². The highest BCUT2D eigenvalue weighted by Crippen LogP contribution is 2.36. The molecule has 2 aromatic carbocycles. The average molecular weight is 600 g/mol. The number of hydrogen-bond donors (Lipinski definition) is 1. The lowest BCUT2D eigenvalue weighted by Crippen LogP contribution is -2.48. The van der Waals surface area contributed by atoms with Crippen molar-refractivity contribution in [2.24, 2.45) is 5.92 Å². The van der Waals surface area contributed by atoms with Crippen LogP contribution >= 0.6 is 23.2 Å². The summed E-state index contributed by atoms with van der Waals surface area (Å²) < 4.78 is 21.5. The molecule has 2 aromatic heterocycles. The number of carboxylic acids is 1. The van der Waals surface area contributed by atoms with Gasteiger partial charge in [-0.05, 0) is 43.0 Å². The number of carbonyl (C=O) groups excluding carboxylic acids is 1. The maximum Gasteiger partial charge on any atom is 0.303 e. The van der Waals surface area contributed by atoms with Crippen LogP contribution in [0.4, 0.5) is 15.9 Å². The fraction of sp³-hybridized carbons (Fsp3) is 0.310. The first-order chi connectivity index (χ1) is 19.6. The summed E-state index contributed by atoms with van der Waals surface area (Å²) in [6.07, 6.45) is 0.0633. The van der Waals surface area contributed by atoms with Gasteiger partial charge in [0.05, 0.1) is 34.0 Å². The number of fused-ring (bicyclic) bond motifs is 1. The van der Waals surface area contributed by atoms with E-state index in [1.807, 2.05) is 31.0 Å². The van der Waals surface area contributed by atoms with Gasteiger partial charge in [-0.1, -0.05) is 41.4 Å². The van der Waals surface area contributed by atoms with Gasteiger partial charge in [-0.25, -0.2) is 9.37 Å². The van der Waals surface area contributed by atoms with E-state index in [4.69, 9.17) is 32.9 Å². The normalized spacial score (nSPS) is 17.2. The van der Waals surface area contributed by atoms with Crippen molar-refractivity contribution in [1.29, 1.82) is 0 Å². The number of piperidine rings is 1. The van der Waals surface area contributed by atoms with Gasteiger partial charge in [0.1, 0.15) is 11.6 Å². The third-order valence-electron chi connectivity index (χ3n) is 7.43. The molecule has 3 heterocycles. The first-order valence-corrected chi connectivity index (χ1v) is 13.7. The topological polar surface area (TPSA) is 100 Å². The smallest absolute Gasteiger partial charge is 0.303 e. The highest BCUT2D eigenvalue weighted by atomic mass is 35.5. The quantitative estimate of drug-likeness (QED) is 0.283. The second-order valence-electron chi connectivity index (χ2n) is 10.1. The Morgan fingerprint density at radius 1 is 1.17 bits per heavy atom. The number of amides is 1. The predicted molar refractivity (Wildman–Crippen MR) is 155 cm³/mol. The Kier molecular flexibility index (Phi) is 8.17. The van der Waals surface area contributed by atoms with Crippen LogP contribution in [-0.4, -0.2) is 69.8 Å². The number of aromatic nitrogens is 3. The zero-order valence-electron chi connectivity index (χ0n) is 22.6. The van der Waals surface area contributed by atoms with E-state index in [0.29, 0.717) is 40.7 Å². The Morgan fingerprint density at radius 2 is 1.95 bits per heavy atom. The summed E-state index contributed by atoms with van der Waals surface area (Å²) >= 11 is 12.5. The number of carboxylic acid groups (broad SMARTS) is 1. The number of ether oxygens (including phenoxy) is 1. The first-order valence-electron chi connectivity index (χ1n) is 13.0. The Morgan fingerprint density at radius 3 is 2.63 bits per heavy atom. The van der Waals surface area contributed by atoms with E-state index < -0.39 is 17.9 Å². The summed E-state index contributed by atoms with van der Waals surface area (Å²) in [5, 5.41) is 14.4. The van der Waals surface area contributed by atoms with Crippen LogP contribution in [0.25, 0.3) is 16.9 Å². The van der Waals surface area contributed by atoms with Gasteiger partial charge in [-0.2, -0.15) is 9.61 Å². The molecular formula is C29H28Cl2FN5O4. The summed E-state index contributed by atoms with van der Waals surface area (Å²) in [6, 6.07) is 13.3.